The highest BCUT2D eigenvalue weighted by atomic mass is 16.2. The first-order chi connectivity index (χ1) is 10.5. The summed E-state index contributed by atoms with van der Waals surface area (Å²) in [5.74, 6) is -0.264. The van der Waals surface area contributed by atoms with Crippen LogP contribution in [0.25, 0.3) is 10.8 Å². The van der Waals surface area contributed by atoms with E-state index in [4.69, 9.17) is 0 Å². The summed E-state index contributed by atoms with van der Waals surface area (Å²) in [6, 6.07) is 13.5. The molecule has 2 aromatic rings. The predicted molar refractivity (Wildman–Crippen MR) is 88.5 cm³/mol. The summed E-state index contributed by atoms with van der Waals surface area (Å²) in [7, 11) is 1.58. The molecule has 2 N–H and O–H groups in total. The van der Waals surface area contributed by atoms with E-state index < -0.39 is 6.04 Å². The summed E-state index contributed by atoms with van der Waals surface area (Å²) in [4.78, 5) is 24.0. The van der Waals surface area contributed by atoms with Gasteiger partial charge in [-0.1, -0.05) is 56.3 Å². The zero-order valence-electron chi connectivity index (χ0n) is 13.2. The van der Waals surface area contributed by atoms with Crippen LogP contribution in [0.1, 0.15) is 19.4 Å². The molecule has 0 fully saturated rings. The Labute approximate surface area is 130 Å². The summed E-state index contributed by atoms with van der Waals surface area (Å²) >= 11 is 0. The Morgan fingerprint density at radius 2 is 1.73 bits per heavy atom. The van der Waals surface area contributed by atoms with Crippen molar-refractivity contribution < 1.29 is 9.59 Å². The average Bonchev–Trinajstić information content (AvgIpc) is 2.51. The summed E-state index contributed by atoms with van der Waals surface area (Å²) in [6.07, 6.45) is 0.269. The first-order valence-corrected chi connectivity index (χ1v) is 7.50. The number of carbonyl (C=O) groups excluding carboxylic acids is 2. The first-order valence-electron chi connectivity index (χ1n) is 7.50. The van der Waals surface area contributed by atoms with Crippen LogP contribution in [0.5, 0.6) is 0 Å². The fourth-order valence-electron chi connectivity index (χ4n) is 2.45. The Balaban J connectivity index is 2.08. The minimum Gasteiger partial charge on any atom is -0.357 e. The van der Waals surface area contributed by atoms with Gasteiger partial charge in [-0.05, 0) is 22.3 Å². The maximum atomic E-state index is 12.2. The van der Waals surface area contributed by atoms with Crippen LogP contribution in [-0.4, -0.2) is 24.9 Å². The third kappa shape index (κ3) is 3.85. The Morgan fingerprint density at radius 1 is 1.05 bits per heavy atom. The van der Waals surface area contributed by atoms with Crippen LogP contribution >= 0.6 is 0 Å². The van der Waals surface area contributed by atoms with Crippen LogP contribution in [0.4, 0.5) is 0 Å². The summed E-state index contributed by atoms with van der Waals surface area (Å²) in [5, 5.41) is 7.66. The van der Waals surface area contributed by atoms with Crippen LogP contribution < -0.4 is 10.6 Å². The lowest BCUT2D eigenvalue weighted by Crippen LogP contribution is -2.49. The molecule has 0 heterocycles. The van der Waals surface area contributed by atoms with E-state index in [-0.39, 0.29) is 24.2 Å². The summed E-state index contributed by atoms with van der Waals surface area (Å²) in [5.41, 5.74) is 0.940. The van der Waals surface area contributed by atoms with Gasteiger partial charge in [0.05, 0.1) is 6.42 Å². The number of hydrogen-bond acceptors (Lipinski definition) is 2. The molecule has 1 atom stereocenters. The molecular weight excluding hydrogens is 276 g/mol. The number of benzene rings is 2. The monoisotopic (exact) mass is 298 g/mol. The van der Waals surface area contributed by atoms with Crippen molar-refractivity contribution in [3.63, 3.8) is 0 Å². The van der Waals surface area contributed by atoms with Crippen molar-refractivity contribution in [2.45, 2.75) is 26.3 Å². The predicted octanol–water partition coefficient (Wildman–Crippen LogP) is 2.27. The van der Waals surface area contributed by atoms with E-state index in [2.05, 4.69) is 10.6 Å². The maximum Gasteiger partial charge on any atom is 0.242 e. The van der Waals surface area contributed by atoms with Gasteiger partial charge in [-0.3, -0.25) is 9.59 Å². The lowest BCUT2D eigenvalue weighted by molar-refractivity contribution is -0.129. The molecule has 22 heavy (non-hydrogen) atoms. The number of amides is 2. The molecule has 4 heteroatoms. The third-order valence-corrected chi connectivity index (χ3v) is 3.69. The highest BCUT2D eigenvalue weighted by molar-refractivity contribution is 5.89. The van der Waals surface area contributed by atoms with Gasteiger partial charge in [0.25, 0.3) is 0 Å². The number of hydrogen-bond donors (Lipinski definition) is 2. The Hall–Kier alpha value is -2.36. The van der Waals surface area contributed by atoms with Crippen LogP contribution in [0.15, 0.2) is 42.5 Å². The number of rotatable bonds is 5. The topological polar surface area (TPSA) is 58.2 Å². The largest absolute Gasteiger partial charge is 0.357 e. The molecule has 0 aliphatic rings. The van der Waals surface area contributed by atoms with Crippen molar-refractivity contribution >= 4 is 22.6 Å². The zero-order chi connectivity index (χ0) is 16.1. The fraction of sp³-hybridized carbons (Fsp3) is 0.333. The van der Waals surface area contributed by atoms with Gasteiger partial charge < -0.3 is 10.6 Å². The second kappa shape index (κ2) is 7.07. The molecule has 0 bridgehead atoms. The van der Waals surface area contributed by atoms with Crippen molar-refractivity contribution in [2.24, 2.45) is 5.92 Å². The highest BCUT2D eigenvalue weighted by Crippen LogP contribution is 2.16. The molecular formula is C18H22N2O2. The minimum atomic E-state index is -0.502. The SMILES string of the molecule is CNC(=O)[C@H](NC(=O)Cc1ccc2ccccc2c1)C(C)C. The second-order valence-corrected chi connectivity index (χ2v) is 5.76. The molecule has 2 rings (SSSR count). The molecule has 0 aliphatic carbocycles. The van der Waals surface area contributed by atoms with E-state index >= 15 is 0 Å². The van der Waals surface area contributed by atoms with Crippen LogP contribution in [0, 0.1) is 5.92 Å². The standard InChI is InChI=1S/C18H22N2O2/c1-12(2)17(18(22)19-3)20-16(21)11-13-8-9-14-6-4-5-7-15(14)10-13/h4-10,12,17H,11H2,1-3H3,(H,19,22)(H,20,21)/t17-/m1/s1. The molecule has 0 saturated heterocycles. The van der Waals surface area contributed by atoms with Gasteiger partial charge in [0.2, 0.25) is 11.8 Å². The first kappa shape index (κ1) is 16.0. The average molecular weight is 298 g/mol. The van der Waals surface area contributed by atoms with Crippen molar-refractivity contribution in [1.29, 1.82) is 0 Å². The summed E-state index contributed by atoms with van der Waals surface area (Å²) < 4.78 is 0. The van der Waals surface area contributed by atoms with E-state index in [0.717, 1.165) is 16.3 Å². The number of likely N-dealkylation sites (N-methyl/N-ethyl adjacent to an activating group) is 1. The minimum absolute atomic E-state index is 0.0421. The smallest absolute Gasteiger partial charge is 0.242 e. The molecule has 4 nitrogen and oxygen atoms in total. The van der Waals surface area contributed by atoms with E-state index in [9.17, 15) is 9.59 Å². The second-order valence-electron chi connectivity index (χ2n) is 5.76. The van der Waals surface area contributed by atoms with Gasteiger partial charge in [0, 0.05) is 7.05 Å². The highest BCUT2D eigenvalue weighted by Gasteiger charge is 2.22. The Bertz CT molecular complexity index is 680. The van der Waals surface area contributed by atoms with Gasteiger partial charge in [-0.2, -0.15) is 0 Å². The number of nitrogens with one attached hydrogen (secondary N) is 2. The summed E-state index contributed by atoms with van der Waals surface area (Å²) in [6.45, 7) is 3.83. The van der Waals surface area contributed by atoms with E-state index in [1.54, 1.807) is 7.05 Å². The molecule has 2 aromatic carbocycles. The lowest BCUT2D eigenvalue weighted by Gasteiger charge is -2.20. The Morgan fingerprint density at radius 3 is 2.36 bits per heavy atom. The van der Waals surface area contributed by atoms with Crippen molar-refractivity contribution in [3.8, 4) is 0 Å². The molecule has 0 aromatic heterocycles. The number of fused-ring (bicyclic) bond motifs is 1. The number of carbonyl (C=O) groups is 2. The molecule has 0 spiro atoms. The molecule has 2 amide bonds. The van der Waals surface area contributed by atoms with Gasteiger partial charge in [-0.25, -0.2) is 0 Å². The van der Waals surface area contributed by atoms with Crippen molar-refractivity contribution in [2.75, 3.05) is 7.05 Å². The van der Waals surface area contributed by atoms with E-state index in [1.807, 2.05) is 56.3 Å². The van der Waals surface area contributed by atoms with Gasteiger partial charge in [0.15, 0.2) is 0 Å². The molecule has 0 radical (unpaired) electrons. The van der Waals surface area contributed by atoms with Crippen LogP contribution in [-0.2, 0) is 16.0 Å². The maximum absolute atomic E-state index is 12.2. The molecule has 0 unspecified atom stereocenters. The Kier molecular flexibility index (Phi) is 5.15. The molecule has 0 saturated carbocycles. The van der Waals surface area contributed by atoms with Gasteiger partial charge in [0.1, 0.15) is 6.04 Å². The third-order valence-electron chi connectivity index (χ3n) is 3.69. The van der Waals surface area contributed by atoms with Gasteiger partial charge in [-0.15, -0.1) is 0 Å². The lowest BCUT2D eigenvalue weighted by atomic mass is 10.0. The molecule has 116 valence electrons. The molecule has 0 aliphatic heterocycles. The zero-order valence-corrected chi connectivity index (χ0v) is 13.2. The quantitative estimate of drug-likeness (QED) is 0.889. The van der Waals surface area contributed by atoms with Gasteiger partial charge >= 0.3 is 0 Å². The van der Waals surface area contributed by atoms with Crippen LogP contribution in [0.2, 0.25) is 0 Å². The van der Waals surface area contributed by atoms with Crippen molar-refractivity contribution in [3.05, 3.63) is 48.0 Å². The normalized spacial score (nSPS) is 12.2. The van der Waals surface area contributed by atoms with E-state index in [0.29, 0.717) is 0 Å². The van der Waals surface area contributed by atoms with E-state index in [1.165, 1.54) is 0 Å². The fourth-order valence-corrected chi connectivity index (χ4v) is 2.45. The van der Waals surface area contributed by atoms with Crippen molar-refractivity contribution in [1.82, 2.24) is 10.6 Å². The van der Waals surface area contributed by atoms with Crippen LogP contribution in [0.3, 0.4) is 0 Å².